The van der Waals surface area contributed by atoms with E-state index in [2.05, 4.69) is 4.90 Å². The molecule has 168 valence electrons. The fraction of sp³-hybridized carbons (Fsp3) is 0.632. The Labute approximate surface area is 173 Å². The lowest BCUT2D eigenvalue weighted by atomic mass is 10.1. The topological polar surface area (TPSA) is 87.2 Å². The minimum atomic E-state index is -5.08. The van der Waals surface area contributed by atoms with Crippen molar-refractivity contribution in [3.63, 3.8) is 0 Å². The number of halogens is 3. The van der Waals surface area contributed by atoms with Gasteiger partial charge in [-0.05, 0) is 50.3 Å². The number of nitrogens with zero attached hydrogens (tertiary/aromatic N) is 2. The van der Waals surface area contributed by atoms with E-state index in [0.717, 1.165) is 38.4 Å². The number of carboxylic acid groups (broad SMARTS) is 1. The quantitative estimate of drug-likeness (QED) is 0.745. The van der Waals surface area contributed by atoms with Crippen LogP contribution in [0.4, 0.5) is 13.2 Å². The van der Waals surface area contributed by atoms with Crippen molar-refractivity contribution in [3.05, 3.63) is 24.3 Å². The smallest absolute Gasteiger partial charge is 0.487 e. The van der Waals surface area contributed by atoms with Gasteiger partial charge in [-0.15, -0.1) is 0 Å². The van der Waals surface area contributed by atoms with Gasteiger partial charge in [0.05, 0.1) is 6.04 Å². The van der Waals surface area contributed by atoms with Gasteiger partial charge in [-0.2, -0.15) is 17.5 Å². The Morgan fingerprint density at radius 1 is 1.17 bits per heavy atom. The minimum absolute atomic E-state index is 0.0670. The minimum Gasteiger partial charge on any atom is -0.487 e. The van der Waals surface area contributed by atoms with Gasteiger partial charge < -0.3 is 14.7 Å². The van der Waals surface area contributed by atoms with Crippen molar-refractivity contribution in [1.29, 1.82) is 0 Å². The molecule has 0 radical (unpaired) electrons. The summed E-state index contributed by atoms with van der Waals surface area (Å²) in [6.45, 7) is 3.11. The van der Waals surface area contributed by atoms with Gasteiger partial charge in [-0.3, -0.25) is 0 Å². The summed E-state index contributed by atoms with van der Waals surface area (Å²) >= 11 is 0. The number of fused-ring (bicyclic) bond motifs is 2. The van der Waals surface area contributed by atoms with Gasteiger partial charge in [0.2, 0.25) is 10.0 Å². The van der Waals surface area contributed by atoms with Gasteiger partial charge in [0.15, 0.2) is 0 Å². The molecule has 1 saturated heterocycles. The van der Waals surface area contributed by atoms with Gasteiger partial charge in [-0.1, -0.05) is 12.1 Å². The molecule has 1 saturated carbocycles. The third-order valence-corrected chi connectivity index (χ3v) is 7.53. The van der Waals surface area contributed by atoms with Crippen LogP contribution in [-0.4, -0.2) is 73.7 Å². The third-order valence-electron chi connectivity index (χ3n) is 5.61. The van der Waals surface area contributed by atoms with E-state index in [1.165, 1.54) is 12.8 Å². The predicted molar refractivity (Wildman–Crippen MR) is 102 cm³/mol. The molecule has 2 fully saturated rings. The number of likely N-dealkylation sites (N-methyl/N-ethyl adjacent to an activating group) is 1. The van der Waals surface area contributed by atoms with Crippen molar-refractivity contribution in [2.24, 2.45) is 5.92 Å². The molecule has 1 aromatic rings. The molecule has 2 atom stereocenters. The van der Waals surface area contributed by atoms with E-state index in [4.69, 9.17) is 14.6 Å². The first-order valence-corrected chi connectivity index (χ1v) is 11.2. The van der Waals surface area contributed by atoms with Crippen LogP contribution in [0.15, 0.2) is 29.2 Å². The number of aliphatic carboxylic acids is 1. The highest BCUT2D eigenvalue weighted by Crippen LogP contribution is 2.36. The molecule has 3 aliphatic rings. The summed E-state index contributed by atoms with van der Waals surface area (Å²) in [6.07, 6.45) is -0.738. The van der Waals surface area contributed by atoms with Gasteiger partial charge in [0.1, 0.15) is 16.7 Å². The summed E-state index contributed by atoms with van der Waals surface area (Å²) in [6, 6.07) is 6.93. The number of carboxylic acids is 1. The van der Waals surface area contributed by atoms with Crippen LogP contribution < -0.4 is 4.74 Å². The number of sulfonamides is 1. The Bertz CT molecular complexity index is 873. The van der Waals surface area contributed by atoms with Crippen LogP contribution in [0, 0.1) is 5.92 Å². The maximum Gasteiger partial charge on any atom is 0.490 e. The van der Waals surface area contributed by atoms with Gasteiger partial charge in [0, 0.05) is 20.1 Å². The number of rotatable bonds is 2. The van der Waals surface area contributed by atoms with E-state index in [0.29, 0.717) is 10.6 Å². The van der Waals surface area contributed by atoms with Crippen LogP contribution in [0.3, 0.4) is 0 Å². The van der Waals surface area contributed by atoms with E-state index in [1.807, 2.05) is 6.07 Å². The lowest BCUT2D eigenvalue weighted by Crippen LogP contribution is -2.44. The Balaban J connectivity index is 0.000000318. The molecule has 30 heavy (non-hydrogen) atoms. The van der Waals surface area contributed by atoms with Crippen LogP contribution in [0.2, 0.25) is 0 Å². The Kier molecular flexibility index (Phi) is 6.63. The van der Waals surface area contributed by atoms with Crippen molar-refractivity contribution in [3.8, 4) is 5.75 Å². The van der Waals surface area contributed by atoms with Crippen LogP contribution in [-0.2, 0) is 14.8 Å². The van der Waals surface area contributed by atoms with Crippen molar-refractivity contribution in [1.82, 2.24) is 9.21 Å². The molecule has 0 bridgehead atoms. The lowest BCUT2D eigenvalue weighted by Gasteiger charge is -2.28. The second-order valence-corrected chi connectivity index (χ2v) is 9.78. The lowest BCUT2D eigenvalue weighted by molar-refractivity contribution is -0.192. The number of benzene rings is 1. The molecule has 0 amide bonds. The summed E-state index contributed by atoms with van der Waals surface area (Å²) < 4.78 is 65.2. The molecule has 7 nitrogen and oxygen atoms in total. The van der Waals surface area contributed by atoms with Crippen molar-refractivity contribution >= 4 is 16.0 Å². The van der Waals surface area contributed by atoms with Gasteiger partial charge >= 0.3 is 12.1 Å². The normalized spacial score (nSPS) is 26.7. The second-order valence-electron chi connectivity index (χ2n) is 7.82. The summed E-state index contributed by atoms with van der Waals surface area (Å²) in [5.41, 5.74) is 0. The molecule has 1 aromatic carbocycles. The molecule has 1 aliphatic carbocycles. The van der Waals surface area contributed by atoms with E-state index in [1.54, 1.807) is 29.6 Å². The Hall–Kier alpha value is -1.85. The third kappa shape index (κ3) is 5.25. The fourth-order valence-corrected chi connectivity index (χ4v) is 5.30. The molecule has 0 spiro atoms. The summed E-state index contributed by atoms with van der Waals surface area (Å²) in [5, 5.41) is 7.12. The van der Waals surface area contributed by atoms with Crippen molar-refractivity contribution in [2.45, 2.75) is 48.9 Å². The molecule has 0 unspecified atom stereocenters. The second kappa shape index (κ2) is 8.72. The van der Waals surface area contributed by atoms with E-state index in [9.17, 15) is 21.6 Å². The molecular formula is C19H25F3N2O5S. The number of carbonyl (C=O) groups is 1. The van der Waals surface area contributed by atoms with Gasteiger partial charge in [0.25, 0.3) is 0 Å². The highest BCUT2D eigenvalue weighted by molar-refractivity contribution is 7.89. The first-order chi connectivity index (χ1) is 14.0. The Morgan fingerprint density at radius 2 is 1.77 bits per heavy atom. The van der Waals surface area contributed by atoms with E-state index >= 15 is 0 Å². The maximum atomic E-state index is 12.9. The highest BCUT2D eigenvalue weighted by atomic mass is 32.2. The number of alkyl halides is 3. The van der Waals surface area contributed by atoms with Crippen LogP contribution in [0.5, 0.6) is 5.75 Å². The molecule has 2 heterocycles. The van der Waals surface area contributed by atoms with Crippen LogP contribution >= 0.6 is 0 Å². The maximum absolute atomic E-state index is 12.9. The molecule has 0 aromatic heterocycles. The predicted octanol–water partition coefficient (Wildman–Crippen LogP) is 2.58. The number of hydrogen-bond acceptors (Lipinski definition) is 5. The first-order valence-electron chi connectivity index (χ1n) is 9.76. The van der Waals surface area contributed by atoms with Crippen molar-refractivity contribution in [2.75, 3.05) is 26.7 Å². The molecule has 4 rings (SSSR count). The fourth-order valence-electron chi connectivity index (χ4n) is 3.77. The SMILES string of the molecule is CN1[C@H]2CCN(CC3CC3)CC[C@@H]2Oc2ccccc2S1(=O)=O.O=C(O)C(F)(F)F. The summed E-state index contributed by atoms with van der Waals surface area (Å²) in [7, 11) is -1.78. The summed E-state index contributed by atoms with van der Waals surface area (Å²) in [4.78, 5) is 11.7. The molecule has 1 N–H and O–H groups in total. The van der Waals surface area contributed by atoms with Crippen LogP contribution in [0.1, 0.15) is 25.7 Å². The number of likely N-dealkylation sites (tertiary alicyclic amines) is 1. The zero-order valence-electron chi connectivity index (χ0n) is 16.5. The van der Waals surface area contributed by atoms with Crippen molar-refractivity contribution < 1.29 is 36.2 Å². The molecule has 11 heteroatoms. The zero-order valence-corrected chi connectivity index (χ0v) is 17.3. The average molecular weight is 450 g/mol. The van der Waals surface area contributed by atoms with Gasteiger partial charge in [-0.25, -0.2) is 13.2 Å². The largest absolute Gasteiger partial charge is 0.490 e. The number of para-hydroxylation sites is 1. The molecule has 2 aliphatic heterocycles. The highest BCUT2D eigenvalue weighted by Gasteiger charge is 2.41. The number of hydrogen-bond donors (Lipinski definition) is 1. The van der Waals surface area contributed by atoms with Crippen LogP contribution in [0.25, 0.3) is 0 Å². The van der Waals surface area contributed by atoms with E-state index in [-0.39, 0.29) is 12.1 Å². The average Bonchev–Trinajstić information content (AvgIpc) is 3.50. The zero-order chi connectivity index (χ0) is 22.1. The summed E-state index contributed by atoms with van der Waals surface area (Å²) in [5.74, 6) is -1.39. The monoisotopic (exact) mass is 450 g/mol. The first kappa shape index (κ1) is 22.8. The Morgan fingerprint density at radius 3 is 2.37 bits per heavy atom. The van der Waals surface area contributed by atoms with E-state index < -0.39 is 22.2 Å². The number of ether oxygens (including phenoxy) is 1. The standard InChI is InChI=1S/C17H24N2O3S.C2HF3O2/c1-18-14-8-10-19(12-13-6-7-13)11-9-15(14)22-16-4-2-3-5-17(16)23(18,20)21;3-2(4,5)1(6)7/h2-5,13-15H,6-12H2,1H3;(H,6,7)/t14-,15-;/m0./s1. The molecular weight excluding hydrogens is 425 g/mol.